The third kappa shape index (κ3) is 4.69. The Morgan fingerprint density at radius 2 is 1.96 bits per heavy atom. The molecule has 0 aliphatic rings. The van der Waals surface area contributed by atoms with Gasteiger partial charge in [-0.05, 0) is 43.3 Å². The summed E-state index contributed by atoms with van der Waals surface area (Å²) in [5.74, 6) is -0.346. The Hall–Kier alpha value is -2.33. The number of amides is 1. The SMILES string of the molecule is C=CCNS(=O)(=O)c1ccc(C(=O)Nc2nc(-c3ccc(C)s3)cs2)cc1. The summed E-state index contributed by atoms with van der Waals surface area (Å²) in [6.07, 6.45) is 1.46. The lowest BCUT2D eigenvalue weighted by atomic mass is 10.2. The highest BCUT2D eigenvalue weighted by Crippen LogP contribution is 2.30. The predicted octanol–water partition coefficient (Wildman–Crippen LogP) is 3.90. The van der Waals surface area contributed by atoms with Crippen LogP contribution < -0.4 is 10.0 Å². The van der Waals surface area contributed by atoms with Crippen LogP contribution in [0.3, 0.4) is 0 Å². The fraction of sp³-hybridized carbons (Fsp3) is 0.111. The Morgan fingerprint density at radius 1 is 1.22 bits per heavy atom. The molecule has 0 aliphatic heterocycles. The molecule has 3 aromatic rings. The third-order valence-electron chi connectivity index (χ3n) is 3.56. The van der Waals surface area contributed by atoms with Crippen molar-refractivity contribution in [2.45, 2.75) is 11.8 Å². The van der Waals surface area contributed by atoms with Gasteiger partial charge in [0, 0.05) is 22.4 Å². The van der Waals surface area contributed by atoms with E-state index in [9.17, 15) is 13.2 Å². The number of thiophene rings is 1. The Balaban J connectivity index is 1.70. The molecular weight excluding hydrogens is 402 g/mol. The number of thiazole rings is 1. The van der Waals surface area contributed by atoms with Gasteiger partial charge in [0.15, 0.2) is 5.13 Å². The van der Waals surface area contributed by atoms with Crippen LogP contribution in [0, 0.1) is 6.92 Å². The van der Waals surface area contributed by atoms with Crippen LogP contribution in [-0.4, -0.2) is 25.9 Å². The molecule has 0 aliphatic carbocycles. The maximum absolute atomic E-state index is 12.4. The first-order valence-electron chi connectivity index (χ1n) is 7.93. The van der Waals surface area contributed by atoms with Crippen LogP contribution >= 0.6 is 22.7 Å². The maximum Gasteiger partial charge on any atom is 0.257 e. The van der Waals surface area contributed by atoms with Crippen LogP contribution in [0.2, 0.25) is 0 Å². The smallest absolute Gasteiger partial charge is 0.257 e. The molecule has 6 nitrogen and oxygen atoms in total. The Bertz CT molecular complexity index is 1070. The summed E-state index contributed by atoms with van der Waals surface area (Å²) in [4.78, 5) is 19.1. The highest BCUT2D eigenvalue weighted by molar-refractivity contribution is 7.89. The van der Waals surface area contributed by atoms with Crippen molar-refractivity contribution in [3.63, 3.8) is 0 Å². The van der Waals surface area contributed by atoms with Crippen molar-refractivity contribution in [3.05, 3.63) is 64.9 Å². The second kappa shape index (κ2) is 8.13. The number of aryl methyl sites for hydroxylation is 1. The van der Waals surface area contributed by atoms with Gasteiger partial charge in [0.25, 0.3) is 5.91 Å². The average molecular weight is 420 g/mol. The number of carbonyl (C=O) groups excluding carboxylic acids is 1. The number of nitrogens with one attached hydrogen (secondary N) is 2. The van der Waals surface area contributed by atoms with Gasteiger partial charge in [-0.3, -0.25) is 10.1 Å². The maximum atomic E-state index is 12.4. The standard InChI is InChI=1S/C18H17N3O3S3/c1-3-10-19-27(23,24)14-7-5-13(6-8-14)17(22)21-18-20-15(11-25-18)16-9-4-12(2)26-16/h3-9,11,19H,1,10H2,2H3,(H,20,21,22). The number of rotatable bonds is 7. The van der Waals surface area contributed by atoms with Crippen molar-refractivity contribution in [2.24, 2.45) is 0 Å². The molecule has 0 bridgehead atoms. The van der Waals surface area contributed by atoms with Gasteiger partial charge in [0.2, 0.25) is 10.0 Å². The van der Waals surface area contributed by atoms with Crippen LogP contribution in [0.25, 0.3) is 10.6 Å². The molecule has 1 amide bonds. The third-order valence-corrected chi connectivity index (χ3v) is 6.78. The molecular formula is C18H17N3O3S3. The predicted molar refractivity (Wildman–Crippen MR) is 110 cm³/mol. The van der Waals surface area contributed by atoms with E-state index in [1.807, 2.05) is 24.4 Å². The van der Waals surface area contributed by atoms with Crippen molar-refractivity contribution in [2.75, 3.05) is 11.9 Å². The fourth-order valence-corrected chi connectivity index (χ4v) is 4.83. The average Bonchev–Trinajstić information content (AvgIpc) is 3.29. The number of benzene rings is 1. The van der Waals surface area contributed by atoms with Gasteiger partial charge in [-0.2, -0.15) is 0 Å². The molecule has 0 fully saturated rings. The minimum atomic E-state index is -3.61. The highest BCUT2D eigenvalue weighted by Gasteiger charge is 2.15. The molecule has 9 heteroatoms. The van der Waals surface area contributed by atoms with E-state index >= 15 is 0 Å². The summed E-state index contributed by atoms with van der Waals surface area (Å²) >= 11 is 2.98. The van der Waals surface area contributed by atoms with Crippen LogP contribution in [0.5, 0.6) is 0 Å². The monoisotopic (exact) mass is 419 g/mol. The molecule has 3 rings (SSSR count). The zero-order valence-corrected chi connectivity index (χ0v) is 16.9. The number of hydrogen-bond donors (Lipinski definition) is 2. The van der Waals surface area contributed by atoms with E-state index in [0.717, 1.165) is 10.6 Å². The lowest BCUT2D eigenvalue weighted by molar-refractivity contribution is 0.102. The first-order valence-corrected chi connectivity index (χ1v) is 11.1. The van der Waals surface area contributed by atoms with Gasteiger partial charge in [-0.15, -0.1) is 29.3 Å². The molecule has 140 valence electrons. The second-order valence-corrected chi connectivity index (χ2v) is 9.48. The lowest BCUT2D eigenvalue weighted by Crippen LogP contribution is -2.23. The zero-order valence-electron chi connectivity index (χ0n) is 14.4. The summed E-state index contributed by atoms with van der Waals surface area (Å²) in [6, 6.07) is 9.74. The van der Waals surface area contributed by atoms with E-state index in [2.05, 4.69) is 21.6 Å². The molecule has 0 saturated heterocycles. The molecule has 1 aromatic carbocycles. The van der Waals surface area contributed by atoms with Gasteiger partial charge >= 0.3 is 0 Å². The molecule has 27 heavy (non-hydrogen) atoms. The largest absolute Gasteiger partial charge is 0.298 e. The Labute approximate surface area is 165 Å². The number of anilines is 1. The Morgan fingerprint density at radius 3 is 2.59 bits per heavy atom. The zero-order chi connectivity index (χ0) is 19.4. The fourth-order valence-electron chi connectivity index (χ4n) is 2.22. The van der Waals surface area contributed by atoms with Crippen LogP contribution in [0.1, 0.15) is 15.2 Å². The molecule has 0 unspecified atom stereocenters. The summed E-state index contributed by atoms with van der Waals surface area (Å²) in [5.41, 5.74) is 1.17. The molecule has 2 heterocycles. The van der Waals surface area contributed by atoms with Gasteiger partial charge in [0.1, 0.15) is 0 Å². The first-order chi connectivity index (χ1) is 12.9. The van der Waals surface area contributed by atoms with Gasteiger partial charge in [-0.25, -0.2) is 18.1 Å². The van der Waals surface area contributed by atoms with Crippen molar-refractivity contribution in [3.8, 4) is 10.6 Å². The van der Waals surface area contributed by atoms with Crippen molar-refractivity contribution in [1.29, 1.82) is 0 Å². The highest BCUT2D eigenvalue weighted by atomic mass is 32.2. The minimum absolute atomic E-state index is 0.0884. The topological polar surface area (TPSA) is 88.2 Å². The number of sulfonamides is 1. The van der Waals surface area contributed by atoms with Crippen molar-refractivity contribution >= 4 is 43.7 Å². The number of hydrogen-bond acceptors (Lipinski definition) is 6. The molecule has 0 atom stereocenters. The van der Waals surface area contributed by atoms with E-state index in [0.29, 0.717) is 10.7 Å². The van der Waals surface area contributed by atoms with Crippen LogP contribution in [0.4, 0.5) is 5.13 Å². The van der Waals surface area contributed by atoms with E-state index < -0.39 is 10.0 Å². The Kier molecular flexibility index (Phi) is 5.85. The van der Waals surface area contributed by atoms with Crippen molar-refractivity contribution in [1.82, 2.24) is 9.71 Å². The van der Waals surface area contributed by atoms with Gasteiger partial charge < -0.3 is 0 Å². The summed E-state index contributed by atoms with van der Waals surface area (Å²) in [6.45, 7) is 5.64. The molecule has 0 spiro atoms. The normalized spacial score (nSPS) is 11.3. The van der Waals surface area contributed by atoms with E-state index in [1.54, 1.807) is 11.3 Å². The quantitative estimate of drug-likeness (QED) is 0.569. The van der Waals surface area contributed by atoms with Crippen molar-refractivity contribution < 1.29 is 13.2 Å². The molecule has 2 aromatic heterocycles. The van der Waals surface area contributed by atoms with E-state index in [4.69, 9.17) is 0 Å². The first kappa shape index (κ1) is 19.4. The van der Waals surface area contributed by atoms with E-state index in [1.165, 1.54) is 46.6 Å². The number of nitrogens with zero attached hydrogens (tertiary/aromatic N) is 1. The summed E-state index contributed by atoms with van der Waals surface area (Å²) < 4.78 is 26.5. The summed E-state index contributed by atoms with van der Waals surface area (Å²) in [5, 5.41) is 5.12. The second-order valence-electron chi connectivity index (χ2n) is 5.57. The van der Waals surface area contributed by atoms with E-state index in [-0.39, 0.29) is 17.3 Å². The number of carbonyl (C=O) groups is 1. The van der Waals surface area contributed by atoms with Crippen LogP contribution in [-0.2, 0) is 10.0 Å². The molecule has 0 radical (unpaired) electrons. The minimum Gasteiger partial charge on any atom is -0.298 e. The number of aromatic nitrogens is 1. The van der Waals surface area contributed by atoms with Crippen LogP contribution in [0.15, 0.2) is 59.3 Å². The van der Waals surface area contributed by atoms with Gasteiger partial charge in [-0.1, -0.05) is 6.08 Å². The lowest BCUT2D eigenvalue weighted by Gasteiger charge is -2.06. The molecule has 0 saturated carbocycles. The molecule has 2 N–H and O–H groups in total. The van der Waals surface area contributed by atoms with Gasteiger partial charge in [0.05, 0.1) is 15.5 Å². The summed E-state index contributed by atoms with van der Waals surface area (Å²) in [7, 11) is -3.61.